The van der Waals surface area contributed by atoms with Crippen LogP contribution in [0.1, 0.15) is 27.0 Å². The van der Waals surface area contributed by atoms with Crippen LogP contribution >= 0.6 is 0 Å². The monoisotopic (exact) mass is 304 g/mol. The lowest BCUT2D eigenvalue weighted by molar-refractivity contribution is 0.0696. The summed E-state index contributed by atoms with van der Waals surface area (Å²) in [5, 5.41) is 8.96. The average molecular weight is 304 g/mol. The Hall–Kier alpha value is -2.14. The molecule has 2 rings (SSSR count). The van der Waals surface area contributed by atoms with Crippen LogP contribution in [0, 0.1) is 13.8 Å². The van der Waals surface area contributed by atoms with E-state index < -0.39 is 15.8 Å². The molecule has 0 aliphatic rings. The molecule has 21 heavy (non-hydrogen) atoms. The summed E-state index contributed by atoms with van der Waals surface area (Å²) in [4.78, 5) is 11.2. The summed E-state index contributed by atoms with van der Waals surface area (Å²) in [5.41, 5.74) is 2.12. The molecule has 0 unspecified atom stereocenters. The minimum absolute atomic E-state index is 0.0867. The first-order valence-electron chi connectivity index (χ1n) is 6.42. The summed E-state index contributed by atoms with van der Waals surface area (Å²) >= 11 is 0. The van der Waals surface area contributed by atoms with E-state index in [4.69, 9.17) is 5.11 Å². The maximum Gasteiger partial charge on any atom is 0.335 e. The molecule has 0 spiro atoms. The van der Waals surface area contributed by atoms with Gasteiger partial charge in [-0.3, -0.25) is 0 Å². The maximum absolute atomic E-state index is 12.5. The van der Waals surface area contributed by atoms with Crippen molar-refractivity contribution in [1.82, 2.24) is 0 Å². The van der Waals surface area contributed by atoms with Crippen molar-refractivity contribution in [3.8, 4) is 0 Å². The van der Waals surface area contributed by atoms with Crippen LogP contribution in [0.3, 0.4) is 0 Å². The molecule has 0 fully saturated rings. The van der Waals surface area contributed by atoms with Gasteiger partial charge in [0.15, 0.2) is 9.84 Å². The Bertz CT molecular complexity index is 792. The fraction of sp³-hybridized carbons (Fsp3) is 0.188. The minimum Gasteiger partial charge on any atom is -0.478 e. The number of rotatable bonds is 4. The lowest BCUT2D eigenvalue weighted by Crippen LogP contribution is -2.08. The van der Waals surface area contributed by atoms with Crippen LogP contribution in [0.25, 0.3) is 0 Å². The Kier molecular flexibility index (Phi) is 4.14. The number of aryl methyl sites for hydroxylation is 2. The van der Waals surface area contributed by atoms with Gasteiger partial charge in [0, 0.05) is 0 Å². The molecule has 0 radical (unpaired) electrons. The van der Waals surface area contributed by atoms with Gasteiger partial charge < -0.3 is 5.11 Å². The molecule has 110 valence electrons. The van der Waals surface area contributed by atoms with Crippen molar-refractivity contribution in [2.75, 3.05) is 0 Å². The summed E-state index contributed by atoms with van der Waals surface area (Å²) in [6, 6.07) is 11.3. The zero-order chi connectivity index (χ0) is 15.6. The molecule has 0 bridgehead atoms. The predicted molar refractivity (Wildman–Crippen MR) is 80.2 cm³/mol. The highest BCUT2D eigenvalue weighted by Gasteiger charge is 2.18. The van der Waals surface area contributed by atoms with Crippen molar-refractivity contribution in [3.63, 3.8) is 0 Å². The molecule has 2 aromatic rings. The second-order valence-electron chi connectivity index (χ2n) is 5.03. The van der Waals surface area contributed by atoms with Crippen LogP contribution in [0.4, 0.5) is 0 Å². The van der Waals surface area contributed by atoms with Gasteiger partial charge in [-0.2, -0.15) is 0 Å². The van der Waals surface area contributed by atoms with Gasteiger partial charge in [0.2, 0.25) is 0 Å². The summed E-state index contributed by atoms with van der Waals surface area (Å²) in [5.74, 6) is -1.28. The second kappa shape index (κ2) is 5.69. The molecule has 5 heteroatoms. The van der Waals surface area contributed by atoms with E-state index in [1.54, 1.807) is 31.2 Å². The van der Waals surface area contributed by atoms with Crippen molar-refractivity contribution in [2.24, 2.45) is 0 Å². The Morgan fingerprint density at radius 1 is 1.10 bits per heavy atom. The molecular formula is C16H16O4S. The number of carbonyl (C=O) groups is 1. The Labute approximate surface area is 124 Å². The van der Waals surface area contributed by atoms with Gasteiger partial charge in [-0.15, -0.1) is 0 Å². The van der Waals surface area contributed by atoms with Crippen molar-refractivity contribution in [3.05, 3.63) is 64.7 Å². The zero-order valence-corrected chi connectivity index (χ0v) is 12.6. The zero-order valence-electron chi connectivity index (χ0n) is 11.8. The molecule has 0 saturated heterocycles. The van der Waals surface area contributed by atoms with Crippen LogP contribution in [0.2, 0.25) is 0 Å². The largest absolute Gasteiger partial charge is 0.478 e. The molecule has 0 atom stereocenters. The number of carboxylic acid groups (broad SMARTS) is 1. The smallest absolute Gasteiger partial charge is 0.335 e. The average Bonchev–Trinajstić information content (AvgIpc) is 2.41. The lowest BCUT2D eigenvalue weighted by atomic mass is 10.1. The minimum atomic E-state index is -3.50. The fourth-order valence-corrected chi connectivity index (χ4v) is 3.83. The number of benzene rings is 2. The number of hydrogen-bond donors (Lipinski definition) is 1. The molecular weight excluding hydrogens is 288 g/mol. The first-order valence-corrected chi connectivity index (χ1v) is 8.07. The van der Waals surface area contributed by atoms with Gasteiger partial charge in [-0.25, -0.2) is 13.2 Å². The first-order chi connectivity index (χ1) is 9.79. The second-order valence-corrected chi connectivity index (χ2v) is 6.99. The van der Waals surface area contributed by atoms with E-state index in [0.717, 1.165) is 5.56 Å². The number of carboxylic acids is 1. The molecule has 0 saturated carbocycles. The number of hydrogen-bond acceptors (Lipinski definition) is 3. The summed E-state index contributed by atoms with van der Waals surface area (Å²) < 4.78 is 25.0. The molecule has 1 N–H and O–H groups in total. The van der Waals surface area contributed by atoms with Crippen molar-refractivity contribution < 1.29 is 18.3 Å². The lowest BCUT2D eigenvalue weighted by Gasteiger charge is -2.09. The number of sulfone groups is 1. The molecule has 0 heterocycles. The van der Waals surface area contributed by atoms with E-state index in [2.05, 4.69) is 0 Å². The molecule has 0 aliphatic carbocycles. The molecule has 0 amide bonds. The summed E-state index contributed by atoms with van der Waals surface area (Å²) in [6.45, 7) is 3.59. The van der Waals surface area contributed by atoms with E-state index >= 15 is 0 Å². The van der Waals surface area contributed by atoms with Crippen LogP contribution in [-0.4, -0.2) is 19.5 Å². The number of aromatic carboxylic acids is 1. The third-order valence-electron chi connectivity index (χ3n) is 3.21. The van der Waals surface area contributed by atoms with Gasteiger partial charge in [-0.05, 0) is 48.7 Å². The molecule has 4 nitrogen and oxygen atoms in total. The molecule has 0 aromatic heterocycles. The SMILES string of the molecule is Cc1ccc(C)c(S(=O)(=O)Cc2cccc(C(=O)O)c2)c1. The third kappa shape index (κ3) is 3.49. The fourth-order valence-electron chi connectivity index (χ4n) is 2.13. The standard InChI is InChI=1S/C16H16O4S/c1-11-6-7-12(2)15(8-11)21(19,20)10-13-4-3-5-14(9-13)16(17)18/h3-9H,10H2,1-2H3,(H,17,18). The summed E-state index contributed by atoms with van der Waals surface area (Å²) in [6.07, 6.45) is 0. The van der Waals surface area contributed by atoms with Crippen molar-refractivity contribution in [1.29, 1.82) is 0 Å². The van der Waals surface area contributed by atoms with E-state index in [0.29, 0.717) is 16.0 Å². The van der Waals surface area contributed by atoms with E-state index in [1.807, 2.05) is 13.0 Å². The van der Waals surface area contributed by atoms with Crippen LogP contribution in [-0.2, 0) is 15.6 Å². The quantitative estimate of drug-likeness (QED) is 0.942. The van der Waals surface area contributed by atoms with Crippen molar-refractivity contribution >= 4 is 15.8 Å². The van der Waals surface area contributed by atoms with Crippen LogP contribution in [0.5, 0.6) is 0 Å². The Morgan fingerprint density at radius 2 is 1.81 bits per heavy atom. The normalized spacial score (nSPS) is 11.3. The predicted octanol–water partition coefficient (Wildman–Crippen LogP) is 2.98. The van der Waals surface area contributed by atoms with Gasteiger partial charge in [0.1, 0.15) is 0 Å². The van der Waals surface area contributed by atoms with Crippen molar-refractivity contribution in [2.45, 2.75) is 24.5 Å². The summed E-state index contributed by atoms with van der Waals surface area (Å²) in [7, 11) is -3.50. The van der Waals surface area contributed by atoms with Gasteiger partial charge in [-0.1, -0.05) is 24.3 Å². The Balaban J connectivity index is 2.40. The Morgan fingerprint density at radius 3 is 2.48 bits per heavy atom. The van der Waals surface area contributed by atoms with Gasteiger partial charge in [0.25, 0.3) is 0 Å². The first kappa shape index (κ1) is 15.3. The molecule has 0 aliphatic heterocycles. The van der Waals surface area contributed by atoms with Gasteiger partial charge >= 0.3 is 5.97 Å². The highest BCUT2D eigenvalue weighted by Crippen LogP contribution is 2.22. The highest BCUT2D eigenvalue weighted by atomic mass is 32.2. The maximum atomic E-state index is 12.5. The third-order valence-corrected chi connectivity index (χ3v) is 5.03. The van der Waals surface area contributed by atoms with E-state index in [1.165, 1.54) is 12.1 Å². The van der Waals surface area contributed by atoms with E-state index in [-0.39, 0.29) is 11.3 Å². The molecule has 2 aromatic carbocycles. The van der Waals surface area contributed by atoms with Crippen LogP contribution in [0.15, 0.2) is 47.4 Å². The van der Waals surface area contributed by atoms with E-state index in [9.17, 15) is 13.2 Å². The highest BCUT2D eigenvalue weighted by molar-refractivity contribution is 7.90. The van der Waals surface area contributed by atoms with Gasteiger partial charge in [0.05, 0.1) is 16.2 Å². The van der Waals surface area contributed by atoms with Crippen LogP contribution < -0.4 is 0 Å². The topological polar surface area (TPSA) is 71.4 Å².